The van der Waals surface area contributed by atoms with Gasteiger partial charge in [0.15, 0.2) is 0 Å². The van der Waals surface area contributed by atoms with Crippen LogP contribution in [0.4, 0.5) is 0 Å². The molecule has 5 heteroatoms. The Balaban J connectivity index is 1.77. The number of hydrogen-bond acceptors (Lipinski definition) is 3. The third-order valence-corrected chi connectivity index (χ3v) is 5.38. The Kier molecular flexibility index (Phi) is 3.04. The molecule has 2 N–H and O–H groups in total. The molecule has 23 heavy (non-hydrogen) atoms. The predicted molar refractivity (Wildman–Crippen MR) is 89.7 cm³/mol. The van der Waals surface area contributed by atoms with E-state index in [2.05, 4.69) is 17.1 Å². The number of aromatic nitrogens is 1. The van der Waals surface area contributed by atoms with Gasteiger partial charge in [0.25, 0.3) is 0 Å². The summed E-state index contributed by atoms with van der Waals surface area (Å²) in [5, 5.41) is 5.17. The van der Waals surface area contributed by atoms with E-state index in [4.69, 9.17) is 5.14 Å². The quantitative estimate of drug-likeness (QED) is 0.943. The second-order valence-corrected chi connectivity index (χ2v) is 7.72. The first kappa shape index (κ1) is 14.4. The van der Waals surface area contributed by atoms with Gasteiger partial charge >= 0.3 is 0 Å². The molecular weight excluding hydrogens is 308 g/mol. The van der Waals surface area contributed by atoms with E-state index in [1.807, 2.05) is 30.5 Å². The zero-order chi connectivity index (χ0) is 16.1. The maximum absolute atomic E-state index is 11.4. The Labute approximate surface area is 135 Å². The predicted octanol–water partition coefficient (Wildman–Crippen LogP) is 2.99. The maximum Gasteiger partial charge on any atom is 0.238 e. The summed E-state index contributed by atoms with van der Waals surface area (Å²) < 4.78 is 22.8. The third-order valence-electron chi connectivity index (χ3n) is 4.45. The number of nitrogens with zero attached hydrogens (tertiary/aromatic N) is 1. The summed E-state index contributed by atoms with van der Waals surface area (Å²) in [7, 11) is -3.66. The molecule has 0 atom stereocenters. The molecule has 1 fully saturated rings. The first-order valence-electron chi connectivity index (χ1n) is 7.47. The summed E-state index contributed by atoms with van der Waals surface area (Å²) in [6.45, 7) is 0. The summed E-state index contributed by atoms with van der Waals surface area (Å²) >= 11 is 0. The zero-order valence-electron chi connectivity index (χ0n) is 12.4. The van der Waals surface area contributed by atoms with E-state index in [-0.39, 0.29) is 10.3 Å². The van der Waals surface area contributed by atoms with Crippen LogP contribution in [0.5, 0.6) is 0 Å². The minimum absolute atomic E-state index is 0.132. The smallest absolute Gasteiger partial charge is 0.238 e. The van der Waals surface area contributed by atoms with Gasteiger partial charge in [-0.05, 0) is 47.8 Å². The zero-order valence-corrected chi connectivity index (χ0v) is 13.3. The van der Waals surface area contributed by atoms with Gasteiger partial charge in [0.1, 0.15) is 0 Å². The van der Waals surface area contributed by atoms with Crippen molar-refractivity contribution in [2.75, 3.05) is 0 Å². The number of hydrogen-bond donors (Lipinski definition) is 1. The van der Waals surface area contributed by atoms with Crippen molar-refractivity contribution in [1.29, 1.82) is 0 Å². The Hall–Kier alpha value is -2.24. The third kappa shape index (κ3) is 2.62. The lowest BCUT2D eigenvalue weighted by atomic mass is 9.96. The lowest BCUT2D eigenvalue weighted by Crippen LogP contribution is -2.11. The second kappa shape index (κ2) is 4.88. The van der Waals surface area contributed by atoms with Gasteiger partial charge in [0.2, 0.25) is 10.0 Å². The molecule has 2 aliphatic carbocycles. The standard InChI is InChI=1S/C18H16N2O2S/c19-23(21,22)15-5-3-13(4-6-15)16-10-18(7-8-18)11-17(16)14-2-1-9-20-12-14/h1-6,9-12H,7-8H2,(H2,19,21,22). The van der Waals surface area contributed by atoms with Gasteiger partial charge in [-0.1, -0.05) is 30.4 Å². The van der Waals surface area contributed by atoms with Crippen LogP contribution in [0, 0.1) is 5.41 Å². The Morgan fingerprint density at radius 2 is 1.61 bits per heavy atom. The molecule has 1 heterocycles. The SMILES string of the molecule is NS(=O)(=O)c1ccc(C2=CC3(C=C2c2cccnc2)CC3)cc1. The normalized spacial score (nSPS) is 18.7. The highest BCUT2D eigenvalue weighted by molar-refractivity contribution is 7.89. The monoisotopic (exact) mass is 324 g/mol. The van der Waals surface area contributed by atoms with Crippen molar-refractivity contribution in [1.82, 2.24) is 4.98 Å². The summed E-state index contributed by atoms with van der Waals surface area (Å²) in [5.74, 6) is 0. The lowest BCUT2D eigenvalue weighted by Gasteiger charge is -2.09. The van der Waals surface area contributed by atoms with Crippen LogP contribution in [0.15, 0.2) is 65.8 Å². The average Bonchev–Trinajstić information content (AvgIpc) is 3.18. The number of benzene rings is 1. The van der Waals surface area contributed by atoms with Crippen molar-refractivity contribution in [3.05, 3.63) is 72.1 Å². The number of rotatable bonds is 3. The number of sulfonamides is 1. The highest BCUT2D eigenvalue weighted by Crippen LogP contribution is 2.57. The highest BCUT2D eigenvalue weighted by atomic mass is 32.2. The van der Waals surface area contributed by atoms with Crippen LogP contribution in [0.1, 0.15) is 24.0 Å². The molecule has 1 saturated carbocycles. The van der Waals surface area contributed by atoms with Crippen molar-refractivity contribution in [2.24, 2.45) is 10.6 Å². The highest BCUT2D eigenvalue weighted by Gasteiger charge is 2.43. The number of nitrogens with two attached hydrogens (primary N) is 1. The first-order chi connectivity index (χ1) is 11.0. The topological polar surface area (TPSA) is 73.1 Å². The van der Waals surface area contributed by atoms with Crippen LogP contribution < -0.4 is 5.14 Å². The first-order valence-corrected chi connectivity index (χ1v) is 9.01. The van der Waals surface area contributed by atoms with Crippen molar-refractivity contribution in [3.8, 4) is 0 Å². The minimum atomic E-state index is -3.66. The van der Waals surface area contributed by atoms with Crippen LogP contribution in [-0.2, 0) is 10.0 Å². The van der Waals surface area contributed by atoms with E-state index < -0.39 is 10.0 Å². The summed E-state index contributed by atoms with van der Waals surface area (Å²) in [6.07, 6.45) is 10.6. The fraction of sp³-hybridized carbons (Fsp3) is 0.167. The van der Waals surface area contributed by atoms with E-state index in [0.29, 0.717) is 0 Å². The van der Waals surface area contributed by atoms with Crippen molar-refractivity contribution < 1.29 is 8.42 Å². The lowest BCUT2D eigenvalue weighted by molar-refractivity contribution is 0.598. The van der Waals surface area contributed by atoms with E-state index >= 15 is 0 Å². The molecule has 4 nitrogen and oxygen atoms in total. The van der Waals surface area contributed by atoms with Gasteiger partial charge in [0, 0.05) is 23.4 Å². The van der Waals surface area contributed by atoms with E-state index in [1.54, 1.807) is 18.3 Å². The molecule has 1 aromatic heterocycles. The maximum atomic E-state index is 11.4. The number of pyridine rings is 1. The molecule has 0 amide bonds. The van der Waals surface area contributed by atoms with Crippen molar-refractivity contribution in [2.45, 2.75) is 17.7 Å². The largest absolute Gasteiger partial charge is 0.264 e. The van der Waals surface area contributed by atoms with E-state index in [1.165, 1.54) is 5.57 Å². The summed E-state index contributed by atoms with van der Waals surface area (Å²) in [6, 6.07) is 10.7. The summed E-state index contributed by atoms with van der Waals surface area (Å²) in [4.78, 5) is 4.34. The average molecular weight is 324 g/mol. The number of primary sulfonamides is 1. The molecule has 2 aromatic rings. The molecule has 1 aromatic carbocycles. The molecule has 1 spiro atoms. The van der Waals surface area contributed by atoms with E-state index in [9.17, 15) is 8.42 Å². The van der Waals surface area contributed by atoms with Crippen LogP contribution in [0.2, 0.25) is 0 Å². The minimum Gasteiger partial charge on any atom is -0.264 e. The van der Waals surface area contributed by atoms with Gasteiger partial charge in [-0.25, -0.2) is 13.6 Å². The molecule has 2 aliphatic rings. The second-order valence-electron chi connectivity index (χ2n) is 6.16. The molecule has 0 radical (unpaired) electrons. The molecule has 116 valence electrons. The van der Waals surface area contributed by atoms with Crippen LogP contribution in [-0.4, -0.2) is 13.4 Å². The van der Waals surface area contributed by atoms with Gasteiger partial charge in [0.05, 0.1) is 4.90 Å². The molecule has 0 saturated heterocycles. The van der Waals surface area contributed by atoms with Crippen LogP contribution >= 0.6 is 0 Å². The molecule has 0 aliphatic heterocycles. The number of allylic oxidation sites excluding steroid dienone is 4. The fourth-order valence-corrected chi connectivity index (χ4v) is 3.54. The Morgan fingerprint density at radius 3 is 2.13 bits per heavy atom. The Morgan fingerprint density at radius 1 is 0.957 bits per heavy atom. The molecule has 4 rings (SSSR count). The summed E-state index contributed by atoms with van der Waals surface area (Å²) in [5.41, 5.74) is 4.56. The van der Waals surface area contributed by atoms with E-state index in [0.717, 1.165) is 29.5 Å². The fourth-order valence-electron chi connectivity index (χ4n) is 3.03. The Bertz CT molecular complexity index is 923. The molecular formula is C18H16N2O2S. The molecule has 0 bridgehead atoms. The van der Waals surface area contributed by atoms with Gasteiger partial charge in [-0.15, -0.1) is 0 Å². The van der Waals surface area contributed by atoms with Gasteiger partial charge in [-0.3, -0.25) is 4.98 Å². The van der Waals surface area contributed by atoms with Crippen molar-refractivity contribution >= 4 is 21.2 Å². The van der Waals surface area contributed by atoms with Crippen LogP contribution in [0.25, 0.3) is 11.1 Å². The van der Waals surface area contributed by atoms with Gasteiger partial charge in [-0.2, -0.15) is 0 Å². The molecule has 0 unspecified atom stereocenters. The van der Waals surface area contributed by atoms with Crippen molar-refractivity contribution in [3.63, 3.8) is 0 Å². The van der Waals surface area contributed by atoms with Crippen LogP contribution in [0.3, 0.4) is 0 Å². The van der Waals surface area contributed by atoms with Gasteiger partial charge < -0.3 is 0 Å².